The van der Waals surface area contributed by atoms with Crippen LogP contribution in [0.4, 0.5) is 5.82 Å². The largest absolute Gasteiger partial charge is 0.481 e. The number of hydrogen-bond acceptors (Lipinski definition) is 4. The monoisotopic (exact) mass is 249 g/mol. The third-order valence-corrected chi connectivity index (χ3v) is 3.78. The van der Waals surface area contributed by atoms with Gasteiger partial charge in [-0.25, -0.2) is 4.98 Å². The van der Waals surface area contributed by atoms with E-state index in [1.807, 2.05) is 6.92 Å². The molecule has 0 saturated carbocycles. The van der Waals surface area contributed by atoms with Crippen molar-refractivity contribution < 1.29 is 9.90 Å². The van der Waals surface area contributed by atoms with Gasteiger partial charge < -0.3 is 10.0 Å². The highest BCUT2D eigenvalue weighted by Gasteiger charge is 2.40. The van der Waals surface area contributed by atoms with Gasteiger partial charge in [-0.15, -0.1) is 0 Å². The zero-order chi connectivity index (χ0) is 13.0. The Hall–Kier alpha value is -1.65. The molecular formula is C13H19N3O2. The van der Waals surface area contributed by atoms with Crippen LogP contribution in [0.25, 0.3) is 0 Å². The van der Waals surface area contributed by atoms with E-state index in [9.17, 15) is 9.90 Å². The summed E-state index contributed by atoms with van der Waals surface area (Å²) in [5, 5.41) is 9.43. The van der Waals surface area contributed by atoms with E-state index in [0.29, 0.717) is 12.8 Å². The summed E-state index contributed by atoms with van der Waals surface area (Å²) in [4.78, 5) is 21.9. The van der Waals surface area contributed by atoms with E-state index >= 15 is 0 Å². The van der Waals surface area contributed by atoms with Crippen molar-refractivity contribution in [1.29, 1.82) is 0 Å². The summed E-state index contributed by atoms with van der Waals surface area (Å²) in [6, 6.07) is 0. The second-order valence-corrected chi connectivity index (χ2v) is 4.89. The van der Waals surface area contributed by atoms with Crippen LogP contribution < -0.4 is 4.90 Å². The number of nitrogens with zero attached hydrogens (tertiary/aromatic N) is 3. The number of piperidine rings is 1. The Morgan fingerprint density at radius 3 is 2.67 bits per heavy atom. The molecule has 0 unspecified atom stereocenters. The van der Waals surface area contributed by atoms with Gasteiger partial charge in [-0.3, -0.25) is 9.78 Å². The van der Waals surface area contributed by atoms with Crippen LogP contribution in [0, 0.1) is 5.41 Å². The molecule has 0 bridgehead atoms. The number of hydrogen-bond donors (Lipinski definition) is 1. The maximum Gasteiger partial charge on any atom is 0.309 e. The maximum absolute atomic E-state index is 11.5. The number of aliphatic carboxylic acids is 1. The average Bonchev–Trinajstić information content (AvgIpc) is 2.41. The Labute approximate surface area is 107 Å². The molecule has 1 fully saturated rings. The van der Waals surface area contributed by atoms with Crippen molar-refractivity contribution in [2.75, 3.05) is 18.0 Å². The second-order valence-electron chi connectivity index (χ2n) is 4.89. The van der Waals surface area contributed by atoms with Crippen molar-refractivity contribution in [2.45, 2.75) is 32.6 Å². The van der Waals surface area contributed by atoms with Crippen LogP contribution in [0.2, 0.25) is 0 Å². The Morgan fingerprint density at radius 2 is 2.17 bits per heavy atom. The van der Waals surface area contributed by atoms with Gasteiger partial charge in [0.25, 0.3) is 0 Å². The van der Waals surface area contributed by atoms with E-state index in [-0.39, 0.29) is 0 Å². The molecule has 0 spiro atoms. The van der Waals surface area contributed by atoms with E-state index in [0.717, 1.165) is 31.7 Å². The second kappa shape index (κ2) is 5.33. The summed E-state index contributed by atoms with van der Waals surface area (Å²) >= 11 is 0. The van der Waals surface area contributed by atoms with E-state index < -0.39 is 11.4 Å². The van der Waals surface area contributed by atoms with E-state index in [2.05, 4.69) is 14.9 Å². The van der Waals surface area contributed by atoms with Gasteiger partial charge in [-0.1, -0.05) is 13.3 Å². The predicted octanol–water partition coefficient (Wildman–Crippen LogP) is 1.95. The van der Waals surface area contributed by atoms with Gasteiger partial charge in [0.15, 0.2) is 0 Å². The zero-order valence-electron chi connectivity index (χ0n) is 10.7. The van der Waals surface area contributed by atoms with Crippen molar-refractivity contribution in [3.8, 4) is 0 Å². The fourth-order valence-corrected chi connectivity index (χ4v) is 2.67. The Balaban J connectivity index is 2.05. The first kappa shape index (κ1) is 12.8. The lowest BCUT2D eigenvalue weighted by atomic mass is 9.75. The molecule has 0 atom stereocenters. The summed E-state index contributed by atoms with van der Waals surface area (Å²) in [5.41, 5.74) is -0.534. The number of anilines is 1. The fourth-order valence-electron chi connectivity index (χ4n) is 2.67. The summed E-state index contributed by atoms with van der Waals surface area (Å²) in [6.07, 6.45) is 8.09. The summed E-state index contributed by atoms with van der Waals surface area (Å²) in [5.74, 6) is 0.191. The van der Waals surface area contributed by atoms with Gasteiger partial charge in [0, 0.05) is 25.5 Å². The first-order valence-electron chi connectivity index (χ1n) is 6.42. The number of carbonyl (C=O) groups is 1. The molecule has 1 aromatic heterocycles. The van der Waals surface area contributed by atoms with Crippen molar-refractivity contribution in [3.63, 3.8) is 0 Å². The quantitative estimate of drug-likeness (QED) is 0.883. The third-order valence-electron chi connectivity index (χ3n) is 3.78. The third kappa shape index (κ3) is 2.44. The highest BCUT2D eigenvalue weighted by molar-refractivity contribution is 5.75. The standard InChI is InChI=1S/C13H19N3O2/c1-2-3-13(12(17)18)4-8-16(9-5-13)11-10-14-6-7-15-11/h6-7,10H,2-5,8-9H2,1H3,(H,17,18). The molecule has 1 aromatic rings. The molecule has 1 aliphatic rings. The molecule has 98 valence electrons. The minimum atomic E-state index is -0.650. The lowest BCUT2D eigenvalue weighted by molar-refractivity contribution is -0.150. The van der Waals surface area contributed by atoms with Crippen molar-refractivity contribution in [2.24, 2.45) is 5.41 Å². The lowest BCUT2D eigenvalue weighted by Gasteiger charge is -2.39. The van der Waals surface area contributed by atoms with Crippen LogP contribution in [-0.2, 0) is 4.79 Å². The van der Waals surface area contributed by atoms with Crippen molar-refractivity contribution in [1.82, 2.24) is 9.97 Å². The van der Waals surface area contributed by atoms with Crippen LogP contribution in [-0.4, -0.2) is 34.1 Å². The van der Waals surface area contributed by atoms with E-state index in [1.54, 1.807) is 18.6 Å². The Bertz CT molecular complexity index is 400. The normalized spacial score (nSPS) is 18.6. The SMILES string of the molecule is CCCC1(C(=O)O)CCN(c2cnccn2)CC1. The van der Waals surface area contributed by atoms with Gasteiger partial charge >= 0.3 is 5.97 Å². The topological polar surface area (TPSA) is 66.3 Å². The summed E-state index contributed by atoms with van der Waals surface area (Å²) in [6.45, 7) is 3.52. The number of rotatable bonds is 4. The zero-order valence-corrected chi connectivity index (χ0v) is 10.7. The fraction of sp³-hybridized carbons (Fsp3) is 0.615. The van der Waals surface area contributed by atoms with E-state index in [4.69, 9.17) is 0 Å². The van der Waals surface area contributed by atoms with Gasteiger partial charge in [-0.05, 0) is 19.3 Å². The molecule has 0 aliphatic carbocycles. The molecule has 0 amide bonds. The highest BCUT2D eigenvalue weighted by Crippen LogP contribution is 2.37. The average molecular weight is 249 g/mol. The van der Waals surface area contributed by atoms with E-state index in [1.165, 1.54) is 0 Å². The molecule has 1 N–H and O–H groups in total. The molecule has 18 heavy (non-hydrogen) atoms. The van der Waals surface area contributed by atoms with Crippen molar-refractivity contribution in [3.05, 3.63) is 18.6 Å². The lowest BCUT2D eigenvalue weighted by Crippen LogP contribution is -2.44. The first-order chi connectivity index (χ1) is 8.68. The Morgan fingerprint density at radius 1 is 1.44 bits per heavy atom. The van der Waals surface area contributed by atoms with Gasteiger partial charge in [-0.2, -0.15) is 0 Å². The van der Waals surface area contributed by atoms with Crippen LogP contribution in [0.1, 0.15) is 32.6 Å². The predicted molar refractivity (Wildman–Crippen MR) is 68.5 cm³/mol. The molecule has 2 heterocycles. The van der Waals surface area contributed by atoms with Crippen LogP contribution in [0.3, 0.4) is 0 Å². The van der Waals surface area contributed by atoms with Crippen LogP contribution >= 0.6 is 0 Å². The molecule has 0 aromatic carbocycles. The van der Waals surface area contributed by atoms with Gasteiger partial charge in [0.2, 0.25) is 0 Å². The number of carboxylic acids is 1. The summed E-state index contributed by atoms with van der Waals surface area (Å²) < 4.78 is 0. The maximum atomic E-state index is 11.5. The number of carboxylic acid groups (broad SMARTS) is 1. The molecule has 1 aliphatic heterocycles. The molecule has 0 radical (unpaired) electrons. The molecule has 5 heteroatoms. The first-order valence-corrected chi connectivity index (χ1v) is 6.42. The smallest absolute Gasteiger partial charge is 0.309 e. The minimum absolute atomic E-state index is 0.534. The minimum Gasteiger partial charge on any atom is -0.481 e. The Kier molecular flexibility index (Phi) is 3.79. The summed E-state index contributed by atoms with van der Waals surface area (Å²) in [7, 11) is 0. The highest BCUT2D eigenvalue weighted by atomic mass is 16.4. The molecule has 5 nitrogen and oxygen atoms in total. The van der Waals surface area contributed by atoms with Crippen molar-refractivity contribution >= 4 is 11.8 Å². The van der Waals surface area contributed by atoms with Gasteiger partial charge in [0.1, 0.15) is 5.82 Å². The van der Waals surface area contributed by atoms with Gasteiger partial charge in [0.05, 0.1) is 11.6 Å². The van der Waals surface area contributed by atoms with Crippen LogP contribution in [0.5, 0.6) is 0 Å². The molecule has 2 rings (SSSR count). The molecule has 1 saturated heterocycles. The number of aromatic nitrogens is 2. The molecular weight excluding hydrogens is 230 g/mol. The van der Waals surface area contributed by atoms with Crippen LogP contribution in [0.15, 0.2) is 18.6 Å².